The fraction of sp³-hybridized carbons (Fsp3) is 0.385. The minimum Gasteiger partial charge on any atom is -0.478 e. The van der Waals surface area contributed by atoms with Crippen molar-refractivity contribution >= 4 is 33.5 Å². The van der Waals surface area contributed by atoms with E-state index < -0.39 is 5.97 Å². The van der Waals surface area contributed by atoms with Gasteiger partial charge in [0.1, 0.15) is 0 Å². The summed E-state index contributed by atoms with van der Waals surface area (Å²) in [4.78, 5) is 23.5. The van der Waals surface area contributed by atoms with Crippen molar-refractivity contribution in [3.63, 3.8) is 0 Å². The molecule has 0 radical (unpaired) electrons. The number of hydrogen-bond donors (Lipinski definition) is 3. The summed E-state index contributed by atoms with van der Waals surface area (Å²) in [5.74, 6) is -1.68. The molecule has 6 nitrogen and oxygen atoms in total. The quantitative estimate of drug-likeness (QED) is 0.768. The molecule has 1 amide bonds. The van der Waals surface area contributed by atoms with Crippen LogP contribution in [-0.2, 0) is 9.53 Å². The second kappa shape index (κ2) is 6.34. The van der Waals surface area contributed by atoms with Crippen LogP contribution in [-0.4, -0.2) is 43.3 Å². The summed E-state index contributed by atoms with van der Waals surface area (Å²) in [7, 11) is 1.76. The van der Waals surface area contributed by atoms with Crippen molar-refractivity contribution in [1.29, 1.82) is 0 Å². The average Bonchev–Trinajstić information content (AvgIpc) is 2.89. The highest BCUT2D eigenvalue weighted by atomic mass is 79.9. The van der Waals surface area contributed by atoms with Crippen LogP contribution < -0.4 is 10.6 Å². The summed E-state index contributed by atoms with van der Waals surface area (Å²) in [6.45, 7) is 0.792. The van der Waals surface area contributed by atoms with Crippen LogP contribution >= 0.6 is 15.9 Å². The molecule has 1 aromatic rings. The number of carboxylic acid groups (broad SMARTS) is 1. The predicted molar refractivity (Wildman–Crippen MR) is 76.9 cm³/mol. The zero-order valence-corrected chi connectivity index (χ0v) is 12.4. The molecule has 1 fully saturated rings. The van der Waals surface area contributed by atoms with Gasteiger partial charge in [-0.3, -0.25) is 4.79 Å². The Hall–Kier alpha value is -1.44. The third-order valence-electron chi connectivity index (χ3n) is 3.28. The van der Waals surface area contributed by atoms with Crippen LogP contribution in [0.3, 0.4) is 0 Å². The van der Waals surface area contributed by atoms with Crippen molar-refractivity contribution in [3.8, 4) is 0 Å². The summed E-state index contributed by atoms with van der Waals surface area (Å²) in [5.41, 5.74) is 0.319. The van der Waals surface area contributed by atoms with Gasteiger partial charge in [-0.15, -0.1) is 0 Å². The van der Waals surface area contributed by atoms with Gasteiger partial charge in [-0.2, -0.15) is 0 Å². The number of hydrogen-bond acceptors (Lipinski definition) is 4. The van der Waals surface area contributed by atoms with Gasteiger partial charge in [0.15, 0.2) is 0 Å². The first-order chi connectivity index (χ1) is 9.54. The Morgan fingerprint density at radius 2 is 2.15 bits per heavy atom. The molecule has 1 aliphatic heterocycles. The third kappa shape index (κ3) is 3.00. The number of benzene rings is 1. The molecule has 0 spiro atoms. The Balaban J connectivity index is 2.21. The maximum absolute atomic E-state index is 12.3. The van der Waals surface area contributed by atoms with Crippen LogP contribution in [0.1, 0.15) is 10.4 Å². The smallest absolute Gasteiger partial charge is 0.337 e. The van der Waals surface area contributed by atoms with Crippen molar-refractivity contribution in [2.75, 3.05) is 25.6 Å². The minimum absolute atomic E-state index is 0.0487. The molecule has 1 aliphatic rings. The normalized spacial score (nSPS) is 21.7. The van der Waals surface area contributed by atoms with E-state index in [1.54, 1.807) is 19.2 Å². The van der Waals surface area contributed by atoms with Crippen molar-refractivity contribution in [3.05, 3.63) is 28.2 Å². The van der Waals surface area contributed by atoms with Gasteiger partial charge in [-0.1, -0.05) is 6.07 Å². The molecular formula is C13H15BrN2O4. The number of halogens is 1. The molecule has 108 valence electrons. The number of carbonyl (C=O) groups is 2. The lowest BCUT2D eigenvalue weighted by atomic mass is 10.0. The molecule has 20 heavy (non-hydrogen) atoms. The van der Waals surface area contributed by atoms with Crippen molar-refractivity contribution in [2.24, 2.45) is 5.92 Å². The summed E-state index contributed by atoms with van der Waals surface area (Å²) in [6, 6.07) is 4.68. The Kier molecular flexibility index (Phi) is 4.74. The fourth-order valence-electron chi connectivity index (χ4n) is 2.14. The van der Waals surface area contributed by atoms with Gasteiger partial charge in [-0.25, -0.2) is 4.79 Å². The highest BCUT2D eigenvalue weighted by molar-refractivity contribution is 9.10. The second-order valence-corrected chi connectivity index (χ2v) is 5.35. The first kappa shape index (κ1) is 15.0. The standard InChI is InChI=1S/C13H15BrN2O4/c1-15-10-6-20-5-8(10)12(17)16-11-7(13(18)19)3-2-4-9(11)14/h2-4,8,10,15H,5-6H2,1H3,(H,16,17)(H,18,19). The number of carbonyl (C=O) groups excluding carboxylic acids is 1. The summed E-state index contributed by atoms with van der Waals surface area (Å²) < 4.78 is 5.81. The first-order valence-electron chi connectivity index (χ1n) is 6.12. The van der Waals surface area contributed by atoms with Crippen LogP contribution in [0.25, 0.3) is 0 Å². The summed E-state index contributed by atoms with van der Waals surface area (Å²) in [6.07, 6.45) is 0. The lowest BCUT2D eigenvalue weighted by Crippen LogP contribution is -2.39. The molecule has 2 rings (SSSR count). The van der Waals surface area contributed by atoms with Crippen molar-refractivity contribution < 1.29 is 19.4 Å². The van der Waals surface area contributed by atoms with Gasteiger partial charge >= 0.3 is 5.97 Å². The maximum atomic E-state index is 12.3. The van der Waals surface area contributed by atoms with E-state index in [-0.39, 0.29) is 29.1 Å². The number of nitrogens with one attached hydrogen (secondary N) is 2. The molecule has 1 saturated heterocycles. The van der Waals surface area contributed by atoms with Gasteiger partial charge in [0.05, 0.1) is 30.4 Å². The lowest BCUT2D eigenvalue weighted by Gasteiger charge is -2.18. The summed E-state index contributed by atoms with van der Waals surface area (Å²) >= 11 is 3.26. The zero-order valence-electron chi connectivity index (χ0n) is 10.9. The second-order valence-electron chi connectivity index (χ2n) is 4.50. The number of aromatic carboxylic acids is 1. The van der Waals surface area contributed by atoms with E-state index in [9.17, 15) is 9.59 Å². The highest BCUT2D eigenvalue weighted by Crippen LogP contribution is 2.28. The molecule has 1 heterocycles. The number of likely N-dealkylation sites (N-methyl/N-ethyl adjacent to an activating group) is 1. The molecule has 0 aliphatic carbocycles. The van der Waals surface area contributed by atoms with E-state index in [2.05, 4.69) is 26.6 Å². The molecule has 7 heteroatoms. The van der Waals surface area contributed by atoms with Crippen LogP contribution in [0.4, 0.5) is 5.69 Å². The minimum atomic E-state index is -1.09. The van der Waals surface area contributed by atoms with Gasteiger partial charge in [0.2, 0.25) is 5.91 Å². The Morgan fingerprint density at radius 1 is 1.40 bits per heavy atom. The van der Waals surface area contributed by atoms with Crippen molar-refractivity contribution in [1.82, 2.24) is 5.32 Å². The maximum Gasteiger partial charge on any atom is 0.337 e. The fourth-order valence-corrected chi connectivity index (χ4v) is 2.61. The number of rotatable bonds is 4. The van der Waals surface area contributed by atoms with Crippen molar-refractivity contribution in [2.45, 2.75) is 6.04 Å². The van der Waals surface area contributed by atoms with E-state index >= 15 is 0 Å². The number of para-hydroxylation sites is 1. The van der Waals surface area contributed by atoms with Crippen LogP contribution in [0, 0.1) is 5.92 Å². The SMILES string of the molecule is CNC1COCC1C(=O)Nc1c(Br)cccc1C(=O)O. The van der Waals surface area contributed by atoms with Gasteiger partial charge in [0, 0.05) is 10.5 Å². The Bertz CT molecular complexity index is 535. The topological polar surface area (TPSA) is 87.7 Å². The molecular weight excluding hydrogens is 328 g/mol. The van der Waals surface area contributed by atoms with Crippen LogP contribution in [0.2, 0.25) is 0 Å². The number of anilines is 1. The van der Waals surface area contributed by atoms with E-state index in [1.807, 2.05) is 0 Å². The largest absolute Gasteiger partial charge is 0.478 e. The van der Waals surface area contributed by atoms with Crippen LogP contribution in [0.15, 0.2) is 22.7 Å². The first-order valence-corrected chi connectivity index (χ1v) is 6.91. The zero-order chi connectivity index (χ0) is 14.7. The number of amides is 1. The Morgan fingerprint density at radius 3 is 2.80 bits per heavy atom. The van der Waals surface area contributed by atoms with Gasteiger partial charge in [0.25, 0.3) is 0 Å². The van der Waals surface area contributed by atoms with E-state index in [0.717, 1.165) is 0 Å². The molecule has 2 atom stereocenters. The molecule has 0 aromatic heterocycles. The monoisotopic (exact) mass is 342 g/mol. The van der Waals surface area contributed by atoms with E-state index in [0.29, 0.717) is 17.7 Å². The average molecular weight is 343 g/mol. The molecule has 0 bridgehead atoms. The predicted octanol–water partition coefficient (Wildman–Crippen LogP) is 1.32. The van der Waals surface area contributed by atoms with Gasteiger partial charge < -0.3 is 20.5 Å². The summed E-state index contributed by atoms with van der Waals surface area (Å²) in [5, 5.41) is 14.9. The Labute approximate surface area is 124 Å². The van der Waals surface area contributed by atoms with E-state index in [1.165, 1.54) is 6.07 Å². The third-order valence-corrected chi connectivity index (χ3v) is 3.94. The number of ether oxygens (including phenoxy) is 1. The molecule has 1 aromatic carbocycles. The molecule has 2 unspecified atom stereocenters. The lowest BCUT2D eigenvalue weighted by molar-refractivity contribution is -0.120. The van der Waals surface area contributed by atoms with Crippen LogP contribution in [0.5, 0.6) is 0 Å². The van der Waals surface area contributed by atoms with E-state index in [4.69, 9.17) is 9.84 Å². The molecule has 3 N–H and O–H groups in total. The number of carboxylic acids is 1. The molecule has 0 saturated carbocycles. The highest BCUT2D eigenvalue weighted by Gasteiger charge is 2.33. The van der Waals surface area contributed by atoms with Gasteiger partial charge in [-0.05, 0) is 35.1 Å².